The van der Waals surface area contributed by atoms with Gasteiger partial charge in [0, 0.05) is 0 Å². The Balaban J connectivity index is 1.79. The van der Waals surface area contributed by atoms with Crippen molar-refractivity contribution in [2.24, 2.45) is 0 Å². The number of thiophene rings is 1. The van der Waals surface area contributed by atoms with E-state index in [0.717, 1.165) is 16.0 Å². The number of nitrogens with zero attached hydrogens (tertiary/aromatic N) is 2. The Kier molecular flexibility index (Phi) is 3.74. The van der Waals surface area contributed by atoms with Crippen molar-refractivity contribution >= 4 is 27.4 Å². The second-order valence-electron chi connectivity index (χ2n) is 5.26. The van der Waals surface area contributed by atoms with Crippen LogP contribution in [-0.4, -0.2) is 9.97 Å². The van der Waals surface area contributed by atoms with Crippen LogP contribution in [0, 0.1) is 0 Å². The van der Waals surface area contributed by atoms with Crippen molar-refractivity contribution in [3.8, 4) is 0 Å². The van der Waals surface area contributed by atoms with Gasteiger partial charge in [0.1, 0.15) is 17.0 Å². The SMILES string of the molecule is c1ccc(C(Nc2ncnc3sccc23)c2ccccc2)cc1. The second kappa shape index (κ2) is 6.18. The van der Waals surface area contributed by atoms with Crippen molar-refractivity contribution in [1.82, 2.24) is 9.97 Å². The van der Waals surface area contributed by atoms with Crippen molar-refractivity contribution in [1.29, 1.82) is 0 Å². The number of hydrogen-bond donors (Lipinski definition) is 1. The molecule has 0 spiro atoms. The molecule has 0 fully saturated rings. The molecule has 0 saturated heterocycles. The van der Waals surface area contributed by atoms with Crippen molar-refractivity contribution < 1.29 is 0 Å². The molecule has 23 heavy (non-hydrogen) atoms. The van der Waals surface area contributed by atoms with Crippen LogP contribution in [0.15, 0.2) is 78.4 Å². The van der Waals surface area contributed by atoms with Crippen LogP contribution in [0.2, 0.25) is 0 Å². The molecule has 1 N–H and O–H groups in total. The summed E-state index contributed by atoms with van der Waals surface area (Å²) in [5, 5.41) is 6.71. The minimum Gasteiger partial charge on any atom is -0.359 e. The summed E-state index contributed by atoms with van der Waals surface area (Å²) in [6.07, 6.45) is 1.62. The van der Waals surface area contributed by atoms with E-state index in [9.17, 15) is 0 Å². The number of aromatic nitrogens is 2. The predicted molar refractivity (Wildman–Crippen MR) is 95.8 cm³/mol. The summed E-state index contributed by atoms with van der Waals surface area (Å²) in [5.74, 6) is 0.869. The highest BCUT2D eigenvalue weighted by molar-refractivity contribution is 7.16. The average molecular weight is 317 g/mol. The molecule has 3 nitrogen and oxygen atoms in total. The van der Waals surface area contributed by atoms with Crippen LogP contribution in [0.5, 0.6) is 0 Å². The lowest BCUT2D eigenvalue weighted by Crippen LogP contribution is -2.13. The largest absolute Gasteiger partial charge is 0.359 e. The fourth-order valence-corrected chi connectivity index (χ4v) is 3.42. The van der Waals surface area contributed by atoms with Crippen LogP contribution in [0.1, 0.15) is 17.2 Å². The van der Waals surface area contributed by atoms with Gasteiger partial charge < -0.3 is 5.32 Å². The minimum atomic E-state index is 0.0513. The van der Waals surface area contributed by atoms with Crippen molar-refractivity contribution in [3.63, 3.8) is 0 Å². The van der Waals surface area contributed by atoms with Crippen molar-refractivity contribution in [2.75, 3.05) is 5.32 Å². The Labute approximate surface area is 138 Å². The first-order chi connectivity index (χ1) is 11.4. The molecule has 2 aromatic carbocycles. The molecule has 0 aliphatic heterocycles. The molecule has 0 saturated carbocycles. The van der Waals surface area contributed by atoms with Crippen LogP contribution in [0.4, 0.5) is 5.82 Å². The lowest BCUT2D eigenvalue weighted by atomic mass is 9.98. The molecule has 0 aliphatic rings. The first kappa shape index (κ1) is 13.9. The monoisotopic (exact) mass is 317 g/mol. The molecule has 0 unspecified atom stereocenters. The van der Waals surface area contributed by atoms with E-state index < -0.39 is 0 Å². The standard InChI is InChI=1S/C19H15N3S/c1-3-7-14(8-4-1)17(15-9-5-2-6-10-15)22-18-16-11-12-23-19(16)21-13-20-18/h1-13,17H,(H,20,21,22). The summed E-state index contributed by atoms with van der Waals surface area (Å²) in [4.78, 5) is 9.78. The summed E-state index contributed by atoms with van der Waals surface area (Å²) in [6, 6.07) is 23.0. The molecule has 0 atom stereocenters. The Morgan fingerprint density at radius 2 is 1.43 bits per heavy atom. The smallest absolute Gasteiger partial charge is 0.138 e. The fourth-order valence-electron chi connectivity index (χ4n) is 2.69. The lowest BCUT2D eigenvalue weighted by molar-refractivity contribution is 0.928. The Morgan fingerprint density at radius 3 is 2.09 bits per heavy atom. The number of rotatable bonds is 4. The number of hydrogen-bond acceptors (Lipinski definition) is 4. The van der Waals surface area contributed by atoms with Gasteiger partial charge >= 0.3 is 0 Å². The van der Waals surface area contributed by atoms with E-state index in [2.05, 4.69) is 69.9 Å². The lowest BCUT2D eigenvalue weighted by Gasteiger charge is -2.20. The number of anilines is 1. The summed E-state index contributed by atoms with van der Waals surface area (Å²) in [6.45, 7) is 0. The van der Waals surface area contributed by atoms with Gasteiger partial charge in [-0.1, -0.05) is 60.7 Å². The normalized spacial score (nSPS) is 11.0. The quantitative estimate of drug-likeness (QED) is 0.582. The molecule has 4 heteroatoms. The highest BCUT2D eigenvalue weighted by atomic mass is 32.1. The third-order valence-corrected chi connectivity index (χ3v) is 4.63. The van der Waals surface area contributed by atoms with Gasteiger partial charge in [-0.2, -0.15) is 0 Å². The van der Waals surface area contributed by atoms with E-state index in [0.29, 0.717) is 0 Å². The maximum Gasteiger partial charge on any atom is 0.138 e. The maximum atomic E-state index is 4.45. The molecule has 0 radical (unpaired) electrons. The molecular formula is C19H15N3S. The second-order valence-corrected chi connectivity index (χ2v) is 6.15. The van der Waals surface area contributed by atoms with Crippen LogP contribution in [0.25, 0.3) is 10.2 Å². The molecule has 0 amide bonds. The van der Waals surface area contributed by atoms with Gasteiger partial charge in [-0.25, -0.2) is 9.97 Å². The molecular weight excluding hydrogens is 302 g/mol. The molecule has 0 aliphatic carbocycles. The van der Waals surface area contributed by atoms with E-state index in [1.165, 1.54) is 11.1 Å². The topological polar surface area (TPSA) is 37.8 Å². The molecule has 4 rings (SSSR count). The number of nitrogens with one attached hydrogen (secondary N) is 1. The third kappa shape index (κ3) is 2.81. The van der Waals surface area contributed by atoms with Crippen LogP contribution >= 0.6 is 11.3 Å². The van der Waals surface area contributed by atoms with Crippen molar-refractivity contribution in [2.45, 2.75) is 6.04 Å². The van der Waals surface area contributed by atoms with E-state index in [4.69, 9.17) is 0 Å². The fraction of sp³-hybridized carbons (Fsp3) is 0.0526. The van der Waals surface area contributed by atoms with Gasteiger partial charge in [-0.3, -0.25) is 0 Å². The van der Waals surface area contributed by atoms with Gasteiger partial charge in [0.25, 0.3) is 0 Å². The highest BCUT2D eigenvalue weighted by Gasteiger charge is 2.16. The third-order valence-electron chi connectivity index (χ3n) is 3.81. The molecule has 112 valence electrons. The Hall–Kier alpha value is -2.72. The minimum absolute atomic E-state index is 0.0513. The summed E-state index contributed by atoms with van der Waals surface area (Å²) in [5.41, 5.74) is 2.42. The highest BCUT2D eigenvalue weighted by Crippen LogP contribution is 2.30. The zero-order valence-electron chi connectivity index (χ0n) is 12.4. The Bertz CT molecular complexity index is 864. The van der Waals surface area contributed by atoms with Crippen molar-refractivity contribution in [3.05, 3.63) is 89.6 Å². The predicted octanol–water partition coefficient (Wildman–Crippen LogP) is 4.89. The van der Waals surface area contributed by atoms with Gasteiger partial charge in [0.15, 0.2) is 0 Å². The first-order valence-electron chi connectivity index (χ1n) is 7.46. The zero-order chi connectivity index (χ0) is 15.5. The van der Waals surface area contributed by atoms with Gasteiger partial charge in [0.05, 0.1) is 11.4 Å². The van der Waals surface area contributed by atoms with Gasteiger partial charge in [0.2, 0.25) is 0 Å². The molecule has 2 aromatic heterocycles. The Morgan fingerprint density at radius 1 is 0.783 bits per heavy atom. The average Bonchev–Trinajstić information content (AvgIpc) is 3.11. The van der Waals surface area contributed by atoms with Crippen LogP contribution in [0.3, 0.4) is 0 Å². The van der Waals surface area contributed by atoms with Gasteiger partial charge in [-0.15, -0.1) is 11.3 Å². The number of fused-ring (bicyclic) bond motifs is 1. The summed E-state index contributed by atoms with van der Waals surface area (Å²) >= 11 is 1.63. The van der Waals surface area contributed by atoms with E-state index in [-0.39, 0.29) is 6.04 Å². The van der Waals surface area contributed by atoms with E-state index >= 15 is 0 Å². The summed E-state index contributed by atoms with van der Waals surface area (Å²) < 4.78 is 0. The first-order valence-corrected chi connectivity index (χ1v) is 8.34. The van der Waals surface area contributed by atoms with Gasteiger partial charge in [-0.05, 0) is 22.6 Å². The van der Waals surface area contributed by atoms with Crippen LogP contribution < -0.4 is 5.32 Å². The molecule has 2 heterocycles. The molecule has 4 aromatic rings. The van der Waals surface area contributed by atoms with E-state index in [1.54, 1.807) is 17.7 Å². The van der Waals surface area contributed by atoms with E-state index in [1.807, 2.05) is 17.5 Å². The molecule has 0 bridgehead atoms. The maximum absolute atomic E-state index is 4.45. The van der Waals surface area contributed by atoms with Crippen LogP contribution in [-0.2, 0) is 0 Å². The number of benzene rings is 2. The zero-order valence-corrected chi connectivity index (χ0v) is 13.2. The summed E-state index contributed by atoms with van der Waals surface area (Å²) in [7, 11) is 0.